The Hall–Kier alpha value is -0.250. The van der Waals surface area contributed by atoms with Crippen molar-refractivity contribution < 1.29 is 13.2 Å². The normalized spacial score (nSPS) is 31.5. The quantitative estimate of drug-likeness (QED) is 0.743. The molecule has 0 heterocycles. The summed E-state index contributed by atoms with van der Waals surface area (Å²) in [5.74, 6) is 0.733. The number of halogens is 3. The van der Waals surface area contributed by atoms with Crippen LogP contribution in [0.25, 0.3) is 0 Å². The second-order valence-electron chi connectivity index (χ2n) is 4.50. The van der Waals surface area contributed by atoms with E-state index in [1.54, 1.807) is 0 Å². The maximum Gasteiger partial charge on any atom is 0.390 e. The van der Waals surface area contributed by atoms with Crippen LogP contribution in [0, 0.1) is 11.8 Å². The number of hydrogen-bond acceptors (Lipinski definition) is 1. The highest BCUT2D eigenvalue weighted by Gasteiger charge is 2.34. The van der Waals surface area contributed by atoms with E-state index in [-0.39, 0.29) is 5.92 Å². The van der Waals surface area contributed by atoms with Gasteiger partial charge < -0.3 is 5.73 Å². The zero-order chi connectivity index (χ0) is 10.8. The van der Waals surface area contributed by atoms with E-state index in [9.17, 15) is 13.2 Å². The molecule has 84 valence electrons. The summed E-state index contributed by atoms with van der Waals surface area (Å²) in [6, 6.07) is -0.692. The lowest BCUT2D eigenvalue weighted by Gasteiger charge is -2.30. The number of alkyl halides is 3. The Bertz CT molecular complexity index is 171. The van der Waals surface area contributed by atoms with Crippen LogP contribution in [-0.4, -0.2) is 12.2 Å². The molecule has 1 fully saturated rings. The number of hydrogen-bond donors (Lipinski definition) is 1. The third kappa shape index (κ3) is 3.86. The van der Waals surface area contributed by atoms with E-state index >= 15 is 0 Å². The monoisotopic (exact) mass is 209 g/mol. The molecule has 0 bridgehead atoms. The summed E-state index contributed by atoms with van der Waals surface area (Å²) in [7, 11) is 0. The standard InChI is InChI=1S/C10H18F3N/c1-7-2-4-8(5-3-7)9(14)6-10(11,12)13/h7-9H,2-6,14H2,1H3/t7?,8?,9-/m0/s1. The van der Waals surface area contributed by atoms with Crippen LogP contribution in [0.15, 0.2) is 0 Å². The van der Waals surface area contributed by atoms with Crippen LogP contribution in [0.4, 0.5) is 13.2 Å². The summed E-state index contributed by atoms with van der Waals surface area (Å²) >= 11 is 0. The Labute approximate surface area is 82.9 Å². The largest absolute Gasteiger partial charge is 0.390 e. The Morgan fingerprint density at radius 1 is 1.21 bits per heavy atom. The van der Waals surface area contributed by atoms with E-state index in [2.05, 4.69) is 6.92 Å². The van der Waals surface area contributed by atoms with Gasteiger partial charge >= 0.3 is 6.18 Å². The van der Waals surface area contributed by atoms with E-state index in [0.29, 0.717) is 5.92 Å². The highest BCUT2D eigenvalue weighted by Crippen LogP contribution is 2.33. The third-order valence-corrected chi connectivity index (χ3v) is 3.13. The van der Waals surface area contributed by atoms with Gasteiger partial charge in [0.15, 0.2) is 0 Å². The molecule has 0 saturated heterocycles. The van der Waals surface area contributed by atoms with Gasteiger partial charge in [-0.2, -0.15) is 13.2 Å². The molecule has 1 atom stereocenters. The fourth-order valence-electron chi connectivity index (χ4n) is 2.15. The molecule has 0 aromatic rings. The van der Waals surface area contributed by atoms with Crippen molar-refractivity contribution in [1.82, 2.24) is 0 Å². The highest BCUT2D eigenvalue weighted by atomic mass is 19.4. The molecule has 0 aromatic heterocycles. The van der Waals surface area contributed by atoms with E-state index in [1.807, 2.05) is 0 Å². The van der Waals surface area contributed by atoms with Crippen LogP contribution in [0.1, 0.15) is 39.0 Å². The van der Waals surface area contributed by atoms with Crippen LogP contribution in [-0.2, 0) is 0 Å². The molecule has 4 heteroatoms. The number of nitrogens with two attached hydrogens (primary N) is 1. The van der Waals surface area contributed by atoms with Gasteiger partial charge in [-0.05, 0) is 24.7 Å². The van der Waals surface area contributed by atoms with Crippen molar-refractivity contribution in [2.24, 2.45) is 17.6 Å². The molecular formula is C10H18F3N. The van der Waals surface area contributed by atoms with Crippen molar-refractivity contribution in [3.63, 3.8) is 0 Å². The number of rotatable bonds is 2. The minimum atomic E-state index is -4.11. The van der Waals surface area contributed by atoms with Gasteiger partial charge in [0.05, 0.1) is 6.42 Å². The molecule has 0 unspecified atom stereocenters. The van der Waals surface area contributed by atoms with Gasteiger partial charge in [-0.15, -0.1) is 0 Å². The smallest absolute Gasteiger partial charge is 0.327 e. The molecular weight excluding hydrogens is 191 g/mol. The second kappa shape index (κ2) is 4.51. The van der Waals surface area contributed by atoms with Crippen molar-refractivity contribution in [2.45, 2.75) is 51.2 Å². The predicted molar refractivity (Wildman–Crippen MR) is 49.8 cm³/mol. The fourth-order valence-corrected chi connectivity index (χ4v) is 2.15. The SMILES string of the molecule is CC1CCC([C@@H](N)CC(F)(F)F)CC1. The van der Waals surface area contributed by atoms with E-state index in [1.165, 1.54) is 0 Å². The zero-order valence-corrected chi connectivity index (χ0v) is 8.48. The third-order valence-electron chi connectivity index (χ3n) is 3.13. The van der Waals surface area contributed by atoms with Gasteiger partial charge in [0, 0.05) is 6.04 Å². The molecule has 2 N–H and O–H groups in total. The van der Waals surface area contributed by atoms with Crippen LogP contribution in [0.3, 0.4) is 0 Å². The molecule has 1 aliphatic rings. The first-order valence-corrected chi connectivity index (χ1v) is 5.21. The lowest BCUT2D eigenvalue weighted by atomic mass is 9.78. The van der Waals surface area contributed by atoms with Crippen LogP contribution in [0.2, 0.25) is 0 Å². The summed E-state index contributed by atoms with van der Waals surface area (Å²) in [5.41, 5.74) is 5.56. The molecule has 1 saturated carbocycles. The van der Waals surface area contributed by atoms with Crippen molar-refractivity contribution in [3.8, 4) is 0 Å². The molecule has 0 amide bonds. The average Bonchev–Trinajstić information content (AvgIpc) is 2.02. The summed E-state index contributed by atoms with van der Waals surface area (Å²) in [6.07, 6.45) is -1.17. The van der Waals surface area contributed by atoms with Crippen molar-refractivity contribution in [2.75, 3.05) is 0 Å². The zero-order valence-electron chi connectivity index (χ0n) is 8.48. The Morgan fingerprint density at radius 3 is 2.14 bits per heavy atom. The summed E-state index contributed by atoms with van der Waals surface area (Å²) < 4.78 is 36.2. The van der Waals surface area contributed by atoms with Gasteiger partial charge in [-0.3, -0.25) is 0 Å². The van der Waals surface area contributed by atoms with Gasteiger partial charge in [0.25, 0.3) is 0 Å². The van der Waals surface area contributed by atoms with Gasteiger partial charge in [-0.25, -0.2) is 0 Å². The minimum Gasteiger partial charge on any atom is -0.327 e. The van der Waals surface area contributed by atoms with Crippen molar-refractivity contribution >= 4 is 0 Å². The molecule has 1 nitrogen and oxygen atoms in total. The molecule has 1 aliphatic carbocycles. The van der Waals surface area contributed by atoms with Gasteiger partial charge in [0.2, 0.25) is 0 Å². The first kappa shape index (κ1) is 11.8. The highest BCUT2D eigenvalue weighted by molar-refractivity contribution is 4.80. The Kier molecular flexibility index (Phi) is 3.81. The van der Waals surface area contributed by atoms with Crippen molar-refractivity contribution in [1.29, 1.82) is 0 Å². The molecule has 1 rings (SSSR count). The summed E-state index contributed by atoms with van der Waals surface area (Å²) in [6.45, 7) is 2.14. The van der Waals surface area contributed by atoms with Gasteiger partial charge in [-0.1, -0.05) is 19.8 Å². The molecule has 14 heavy (non-hydrogen) atoms. The Balaban J connectivity index is 2.34. The van der Waals surface area contributed by atoms with E-state index in [4.69, 9.17) is 5.73 Å². The van der Waals surface area contributed by atoms with E-state index < -0.39 is 18.6 Å². The molecule has 0 aromatic carbocycles. The fraction of sp³-hybridized carbons (Fsp3) is 1.00. The first-order valence-electron chi connectivity index (χ1n) is 5.21. The predicted octanol–water partition coefficient (Wildman–Crippen LogP) is 3.09. The minimum absolute atomic E-state index is 0.0767. The molecule has 0 aliphatic heterocycles. The van der Waals surface area contributed by atoms with Crippen LogP contribution in [0.5, 0.6) is 0 Å². The maximum atomic E-state index is 12.1. The first-order chi connectivity index (χ1) is 6.38. The van der Waals surface area contributed by atoms with Gasteiger partial charge in [0.1, 0.15) is 0 Å². The summed E-state index contributed by atoms with van der Waals surface area (Å²) in [4.78, 5) is 0. The van der Waals surface area contributed by atoms with Crippen LogP contribution < -0.4 is 5.73 Å². The maximum absolute atomic E-state index is 12.1. The van der Waals surface area contributed by atoms with E-state index in [0.717, 1.165) is 25.7 Å². The second-order valence-corrected chi connectivity index (χ2v) is 4.50. The Morgan fingerprint density at radius 2 is 1.71 bits per heavy atom. The molecule has 0 spiro atoms. The molecule has 0 radical (unpaired) electrons. The topological polar surface area (TPSA) is 26.0 Å². The van der Waals surface area contributed by atoms with Crippen molar-refractivity contribution in [3.05, 3.63) is 0 Å². The lowest BCUT2D eigenvalue weighted by Crippen LogP contribution is -2.36. The lowest BCUT2D eigenvalue weighted by molar-refractivity contribution is -0.141. The summed E-state index contributed by atoms with van der Waals surface area (Å²) in [5, 5.41) is 0. The average molecular weight is 209 g/mol. The van der Waals surface area contributed by atoms with Crippen LogP contribution >= 0.6 is 0 Å².